The van der Waals surface area contributed by atoms with Gasteiger partial charge < -0.3 is 10.6 Å². The quantitative estimate of drug-likeness (QED) is 0.590. The fourth-order valence-corrected chi connectivity index (χ4v) is 3.92. The van der Waals surface area contributed by atoms with E-state index in [-0.39, 0.29) is 24.3 Å². The summed E-state index contributed by atoms with van der Waals surface area (Å²) in [4.78, 5) is 50.1. The molecule has 1 fully saturated rings. The van der Waals surface area contributed by atoms with Crippen molar-refractivity contribution in [3.05, 3.63) is 64.7 Å². The summed E-state index contributed by atoms with van der Waals surface area (Å²) in [6.07, 6.45) is 0.256. The Hall–Kier alpha value is -3.52. The number of nitrogens with zero attached hydrogens (tertiary/aromatic N) is 1. The Labute approximate surface area is 180 Å². The van der Waals surface area contributed by atoms with E-state index in [0.717, 1.165) is 28.3 Å². The van der Waals surface area contributed by atoms with Crippen molar-refractivity contribution in [3.8, 4) is 0 Å². The van der Waals surface area contributed by atoms with Gasteiger partial charge in [-0.05, 0) is 48.7 Å². The first-order valence-electron chi connectivity index (χ1n) is 10.4. The van der Waals surface area contributed by atoms with Gasteiger partial charge in [-0.2, -0.15) is 0 Å². The molecule has 8 nitrogen and oxygen atoms in total. The fourth-order valence-electron chi connectivity index (χ4n) is 3.92. The van der Waals surface area contributed by atoms with Crippen LogP contribution in [-0.2, 0) is 22.7 Å². The number of fused-ring (bicyclic) bond motifs is 1. The van der Waals surface area contributed by atoms with Gasteiger partial charge in [-0.25, -0.2) is 0 Å². The Morgan fingerprint density at radius 1 is 0.935 bits per heavy atom. The normalized spacial score (nSPS) is 18.2. The van der Waals surface area contributed by atoms with Crippen molar-refractivity contribution in [1.82, 2.24) is 15.5 Å². The third-order valence-corrected chi connectivity index (χ3v) is 5.50. The second-order valence-electron chi connectivity index (χ2n) is 7.66. The lowest BCUT2D eigenvalue weighted by molar-refractivity contribution is -0.136. The van der Waals surface area contributed by atoms with Crippen molar-refractivity contribution in [2.75, 3.05) is 11.9 Å². The monoisotopic (exact) mass is 420 g/mol. The van der Waals surface area contributed by atoms with Gasteiger partial charge in [-0.1, -0.05) is 18.2 Å². The number of anilines is 1. The molecule has 2 aliphatic heterocycles. The molecule has 4 rings (SSSR count). The Morgan fingerprint density at radius 3 is 2.32 bits per heavy atom. The topological polar surface area (TPSA) is 108 Å². The number of hydrogen-bond donors (Lipinski definition) is 3. The Morgan fingerprint density at radius 2 is 1.61 bits per heavy atom. The van der Waals surface area contributed by atoms with Crippen molar-refractivity contribution in [1.29, 1.82) is 0 Å². The van der Waals surface area contributed by atoms with Crippen LogP contribution in [0.25, 0.3) is 0 Å². The minimum absolute atomic E-state index is 0.106. The van der Waals surface area contributed by atoms with Crippen LogP contribution in [0.1, 0.15) is 51.6 Å². The molecule has 2 aromatic rings. The summed E-state index contributed by atoms with van der Waals surface area (Å²) in [5, 5.41) is 8.80. The third-order valence-electron chi connectivity index (χ3n) is 5.50. The maximum Gasteiger partial charge on any atom is 0.262 e. The maximum atomic E-state index is 12.9. The second-order valence-corrected chi connectivity index (χ2v) is 7.66. The molecular weight excluding hydrogens is 396 g/mol. The highest BCUT2D eigenvalue weighted by Crippen LogP contribution is 2.28. The van der Waals surface area contributed by atoms with Crippen LogP contribution >= 0.6 is 0 Å². The van der Waals surface area contributed by atoms with Gasteiger partial charge in [-0.15, -0.1) is 0 Å². The highest BCUT2D eigenvalue weighted by Gasteiger charge is 2.44. The Bertz CT molecular complexity index is 1050. The maximum absolute atomic E-state index is 12.9. The van der Waals surface area contributed by atoms with Gasteiger partial charge in [0, 0.05) is 31.7 Å². The van der Waals surface area contributed by atoms with Crippen LogP contribution in [0.4, 0.5) is 5.69 Å². The SMILES string of the molecule is CCNc1ccc(CNCc2ccc3c(c2)C(=O)N(C2CCC(=O)NC2=O)C3=O)cc1. The molecule has 0 bridgehead atoms. The predicted molar refractivity (Wildman–Crippen MR) is 114 cm³/mol. The number of carbonyl (C=O) groups is 4. The number of rotatable bonds is 7. The average Bonchev–Trinajstić information content (AvgIpc) is 3.00. The molecule has 0 spiro atoms. The van der Waals surface area contributed by atoms with Crippen LogP contribution in [0.5, 0.6) is 0 Å². The Kier molecular flexibility index (Phi) is 5.81. The van der Waals surface area contributed by atoms with Crippen molar-refractivity contribution in [3.63, 3.8) is 0 Å². The zero-order valence-electron chi connectivity index (χ0n) is 17.2. The molecule has 0 saturated carbocycles. The summed E-state index contributed by atoms with van der Waals surface area (Å²) in [5.74, 6) is -1.97. The summed E-state index contributed by atoms with van der Waals surface area (Å²) >= 11 is 0. The first kappa shape index (κ1) is 20.7. The van der Waals surface area contributed by atoms with Gasteiger partial charge in [-0.3, -0.25) is 29.4 Å². The number of imide groups is 2. The molecule has 31 heavy (non-hydrogen) atoms. The number of nitrogens with one attached hydrogen (secondary N) is 3. The molecule has 8 heteroatoms. The zero-order valence-corrected chi connectivity index (χ0v) is 17.2. The van der Waals surface area contributed by atoms with Gasteiger partial charge in [0.1, 0.15) is 6.04 Å². The number of carbonyl (C=O) groups excluding carboxylic acids is 4. The van der Waals surface area contributed by atoms with Gasteiger partial charge in [0.05, 0.1) is 11.1 Å². The summed E-state index contributed by atoms with van der Waals surface area (Å²) in [6.45, 7) is 4.12. The molecule has 0 aliphatic carbocycles. The highest BCUT2D eigenvalue weighted by atomic mass is 16.2. The molecule has 1 saturated heterocycles. The molecule has 2 aliphatic rings. The van der Waals surface area contributed by atoms with Gasteiger partial charge >= 0.3 is 0 Å². The van der Waals surface area contributed by atoms with Crippen molar-refractivity contribution >= 4 is 29.3 Å². The second kappa shape index (κ2) is 8.69. The number of piperidine rings is 1. The molecule has 3 N–H and O–H groups in total. The van der Waals surface area contributed by atoms with Crippen LogP contribution in [-0.4, -0.2) is 41.1 Å². The molecular formula is C23H24N4O4. The molecule has 2 heterocycles. The van der Waals surface area contributed by atoms with Crippen LogP contribution in [0.3, 0.4) is 0 Å². The average molecular weight is 420 g/mol. The predicted octanol–water partition coefficient (Wildman–Crippen LogP) is 1.81. The van der Waals surface area contributed by atoms with E-state index in [9.17, 15) is 19.2 Å². The highest BCUT2D eigenvalue weighted by molar-refractivity contribution is 6.23. The summed E-state index contributed by atoms with van der Waals surface area (Å²) in [7, 11) is 0. The minimum Gasteiger partial charge on any atom is -0.385 e. The smallest absolute Gasteiger partial charge is 0.262 e. The van der Waals surface area contributed by atoms with E-state index in [0.29, 0.717) is 18.7 Å². The van der Waals surface area contributed by atoms with Crippen LogP contribution in [0.15, 0.2) is 42.5 Å². The van der Waals surface area contributed by atoms with E-state index in [1.807, 2.05) is 24.3 Å². The molecule has 160 valence electrons. The molecule has 4 amide bonds. The van der Waals surface area contributed by atoms with E-state index in [1.165, 1.54) is 0 Å². The molecule has 1 unspecified atom stereocenters. The van der Waals surface area contributed by atoms with Gasteiger partial charge in [0.25, 0.3) is 11.8 Å². The van der Waals surface area contributed by atoms with Gasteiger partial charge in [0.2, 0.25) is 11.8 Å². The summed E-state index contributed by atoms with van der Waals surface area (Å²) < 4.78 is 0. The first-order chi connectivity index (χ1) is 15.0. The van der Waals surface area contributed by atoms with Crippen molar-refractivity contribution in [2.24, 2.45) is 0 Å². The largest absolute Gasteiger partial charge is 0.385 e. The van der Waals surface area contributed by atoms with E-state index >= 15 is 0 Å². The van der Waals surface area contributed by atoms with Crippen molar-refractivity contribution in [2.45, 2.75) is 38.9 Å². The standard InChI is InChI=1S/C23H24N4O4/c1-2-25-16-6-3-14(4-7-16)12-24-13-15-5-8-17-18(11-15)23(31)27(22(17)30)19-9-10-20(28)26-21(19)29/h3-8,11,19,24-25H,2,9-10,12-13H2,1H3,(H,26,28,29). The number of hydrogen-bond acceptors (Lipinski definition) is 6. The molecule has 0 aromatic heterocycles. The van der Waals surface area contributed by atoms with Crippen LogP contribution in [0.2, 0.25) is 0 Å². The summed E-state index contributed by atoms with van der Waals surface area (Å²) in [6, 6.07) is 12.3. The number of benzene rings is 2. The van der Waals surface area contributed by atoms with Gasteiger partial charge in [0.15, 0.2) is 0 Å². The van der Waals surface area contributed by atoms with Crippen LogP contribution in [0, 0.1) is 0 Å². The lowest BCUT2D eigenvalue weighted by Crippen LogP contribution is -2.54. The third kappa shape index (κ3) is 4.20. The van der Waals surface area contributed by atoms with E-state index in [4.69, 9.17) is 0 Å². The zero-order chi connectivity index (χ0) is 22.0. The van der Waals surface area contributed by atoms with E-state index < -0.39 is 23.8 Å². The minimum atomic E-state index is -0.947. The van der Waals surface area contributed by atoms with E-state index in [2.05, 4.69) is 22.9 Å². The van der Waals surface area contributed by atoms with Crippen molar-refractivity contribution < 1.29 is 19.2 Å². The van der Waals surface area contributed by atoms with E-state index in [1.54, 1.807) is 18.2 Å². The summed E-state index contributed by atoms with van der Waals surface area (Å²) in [5.41, 5.74) is 3.67. The lowest BCUT2D eigenvalue weighted by atomic mass is 10.0. The Balaban J connectivity index is 1.41. The number of amides is 4. The lowest BCUT2D eigenvalue weighted by Gasteiger charge is -2.27. The molecule has 2 aromatic carbocycles. The molecule has 1 atom stereocenters. The fraction of sp³-hybridized carbons (Fsp3) is 0.304. The van der Waals surface area contributed by atoms with Crippen LogP contribution < -0.4 is 16.0 Å². The molecule has 0 radical (unpaired) electrons. The first-order valence-corrected chi connectivity index (χ1v) is 10.4.